The molecule has 5 atom stereocenters. The Morgan fingerprint density at radius 2 is 1.34 bits per heavy atom. The number of hydrogen-bond acceptors (Lipinski definition) is 11. The van der Waals surface area contributed by atoms with Crippen LogP contribution in [0.3, 0.4) is 0 Å². The lowest BCUT2D eigenvalue weighted by Crippen LogP contribution is -2.63. The van der Waals surface area contributed by atoms with E-state index in [0.717, 1.165) is 20.8 Å². The molecule has 0 saturated carbocycles. The van der Waals surface area contributed by atoms with Gasteiger partial charge in [0, 0.05) is 27.7 Å². The van der Waals surface area contributed by atoms with Gasteiger partial charge in [0.05, 0.1) is 6.07 Å². The van der Waals surface area contributed by atoms with E-state index < -0.39 is 60.2 Å². The van der Waals surface area contributed by atoms with E-state index in [-0.39, 0.29) is 6.61 Å². The summed E-state index contributed by atoms with van der Waals surface area (Å²) in [6.07, 6.45) is -6.48. The van der Waals surface area contributed by atoms with Crippen molar-refractivity contribution in [1.82, 2.24) is 0 Å². The van der Waals surface area contributed by atoms with Gasteiger partial charge in [-0.1, -0.05) is 0 Å². The Balaban J connectivity index is 3.38. The van der Waals surface area contributed by atoms with Crippen molar-refractivity contribution in [2.45, 2.75) is 77.8 Å². The Hall–Kier alpha value is -2.71. The first-order chi connectivity index (χ1) is 13.4. The Bertz CT molecular complexity index is 683. The van der Waals surface area contributed by atoms with Crippen LogP contribution in [0.25, 0.3) is 0 Å². The number of rotatable bonds is 7. The topological polar surface area (TPSA) is 147 Å². The van der Waals surface area contributed by atoms with Gasteiger partial charge in [-0.3, -0.25) is 19.2 Å². The van der Waals surface area contributed by atoms with E-state index in [2.05, 4.69) is 0 Å². The van der Waals surface area contributed by atoms with Crippen molar-refractivity contribution in [3.05, 3.63) is 0 Å². The number of hydrogen-bond donors (Lipinski definition) is 0. The van der Waals surface area contributed by atoms with Crippen LogP contribution < -0.4 is 0 Å². The van der Waals surface area contributed by atoms with Crippen LogP contribution in [-0.2, 0) is 47.6 Å². The fourth-order valence-electron chi connectivity index (χ4n) is 2.60. The first-order valence-corrected chi connectivity index (χ1v) is 8.76. The van der Waals surface area contributed by atoms with E-state index in [1.165, 1.54) is 20.8 Å². The van der Waals surface area contributed by atoms with Crippen LogP contribution >= 0.6 is 0 Å². The summed E-state index contributed by atoms with van der Waals surface area (Å²) in [5.74, 6) is -2.87. The summed E-state index contributed by atoms with van der Waals surface area (Å²) >= 11 is 0. The highest BCUT2D eigenvalue weighted by Gasteiger charge is 2.53. The molecular formula is C18H25NO10. The third-order valence-corrected chi connectivity index (χ3v) is 3.63. The summed E-state index contributed by atoms with van der Waals surface area (Å²) in [6.45, 7) is 7.04. The van der Waals surface area contributed by atoms with Crippen molar-refractivity contribution in [3.8, 4) is 6.07 Å². The molecule has 11 heteroatoms. The van der Waals surface area contributed by atoms with Gasteiger partial charge in [0.1, 0.15) is 12.7 Å². The third kappa shape index (κ3) is 7.67. The smallest absolute Gasteiger partial charge is 0.303 e. The van der Waals surface area contributed by atoms with Crippen molar-refractivity contribution < 1.29 is 47.6 Å². The van der Waals surface area contributed by atoms with Gasteiger partial charge in [0.15, 0.2) is 23.9 Å². The van der Waals surface area contributed by atoms with Gasteiger partial charge in [-0.15, -0.1) is 0 Å². The van der Waals surface area contributed by atoms with Crippen LogP contribution in [-0.4, -0.2) is 66.8 Å². The van der Waals surface area contributed by atoms with Crippen molar-refractivity contribution in [1.29, 1.82) is 5.26 Å². The van der Waals surface area contributed by atoms with E-state index in [1.54, 1.807) is 0 Å². The minimum atomic E-state index is -1.38. The zero-order valence-electron chi connectivity index (χ0n) is 17.1. The van der Waals surface area contributed by atoms with Gasteiger partial charge in [-0.05, 0) is 13.8 Å². The molecule has 0 aliphatic carbocycles. The normalized spacial score (nSPS) is 26.6. The summed E-state index contributed by atoms with van der Waals surface area (Å²) in [5, 5.41) is 9.25. The average Bonchev–Trinajstić information content (AvgIpc) is 2.57. The van der Waals surface area contributed by atoms with Crippen LogP contribution in [0.15, 0.2) is 0 Å². The number of carbonyl (C=O) groups excluding carboxylic acids is 4. The van der Waals surface area contributed by atoms with Crippen molar-refractivity contribution in [2.24, 2.45) is 0 Å². The largest absolute Gasteiger partial charge is 0.463 e. The Morgan fingerprint density at radius 3 is 1.79 bits per heavy atom. The molecule has 0 amide bonds. The van der Waals surface area contributed by atoms with Crippen LogP contribution in [0.5, 0.6) is 0 Å². The van der Waals surface area contributed by atoms with E-state index in [0.29, 0.717) is 0 Å². The maximum Gasteiger partial charge on any atom is 0.303 e. The Morgan fingerprint density at radius 1 is 0.862 bits per heavy atom. The van der Waals surface area contributed by atoms with Crippen LogP contribution in [0, 0.1) is 11.3 Å². The summed E-state index contributed by atoms with van der Waals surface area (Å²) < 4.78 is 32.0. The van der Waals surface area contributed by atoms with Gasteiger partial charge in [-0.2, -0.15) is 5.26 Å². The first kappa shape index (κ1) is 24.3. The molecular weight excluding hydrogens is 390 g/mol. The van der Waals surface area contributed by atoms with Crippen LogP contribution in [0.1, 0.15) is 41.5 Å². The number of carbonyl (C=O) groups is 4. The fraction of sp³-hybridized carbons (Fsp3) is 0.722. The Kier molecular flexibility index (Phi) is 8.54. The number of esters is 4. The summed E-state index contributed by atoms with van der Waals surface area (Å²) in [7, 11) is 0. The lowest BCUT2D eigenvalue weighted by molar-refractivity contribution is -0.321. The van der Waals surface area contributed by atoms with Gasteiger partial charge in [0.25, 0.3) is 0 Å². The molecule has 1 fully saturated rings. The van der Waals surface area contributed by atoms with Crippen molar-refractivity contribution in [2.75, 3.05) is 6.61 Å². The predicted octanol–water partition coefficient (Wildman–Crippen LogP) is 0.388. The number of ether oxygens (including phenoxy) is 6. The molecule has 0 N–H and O–H groups in total. The minimum absolute atomic E-state index is 0.370. The van der Waals surface area contributed by atoms with Gasteiger partial charge in [-0.25, -0.2) is 0 Å². The molecule has 1 aliphatic rings. The highest BCUT2D eigenvalue weighted by atomic mass is 16.7. The second-order valence-electron chi connectivity index (χ2n) is 6.81. The zero-order valence-corrected chi connectivity index (χ0v) is 17.1. The molecule has 0 unspecified atom stereocenters. The molecule has 0 spiro atoms. The second kappa shape index (κ2) is 10.2. The molecule has 0 aromatic heterocycles. The van der Waals surface area contributed by atoms with Gasteiger partial charge in [0.2, 0.25) is 6.29 Å². The number of nitrogens with zero attached hydrogens (tertiary/aromatic N) is 1. The highest BCUT2D eigenvalue weighted by Crippen LogP contribution is 2.31. The monoisotopic (exact) mass is 415 g/mol. The van der Waals surface area contributed by atoms with E-state index in [1.807, 2.05) is 6.07 Å². The van der Waals surface area contributed by atoms with Crippen LogP contribution in [0.2, 0.25) is 0 Å². The molecule has 1 saturated heterocycles. The number of nitriles is 1. The quantitative estimate of drug-likeness (QED) is 0.420. The lowest BCUT2D eigenvalue weighted by atomic mass is 9.97. The van der Waals surface area contributed by atoms with Crippen molar-refractivity contribution >= 4 is 23.9 Å². The SMILES string of the molecule is CC(=O)OC[C@H]1O[C@H](OC(C)(C)C#N)[C@H](OC(C)=O)[C@@H](OC(C)=O)[C@@H]1OC(C)=O. The first-order valence-electron chi connectivity index (χ1n) is 8.76. The summed E-state index contributed by atoms with van der Waals surface area (Å²) in [5.41, 5.74) is -1.37. The van der Waals surface area contributed by atoms with E-state index in [9.17, 15) is 24.4 Å². The maximum absolute atomic E-state index is 11.7. The predicted molar refractivity (Wildman–Crippen MR) is 92.7 cm³/mol. The standard InChI is InChI=1S/C18H25NO10/c1-9(20)24-7-13-14(25-10(2)21)15(26-11(3)22)16(27-12(4)23)17(28-13)29-18(5,6)8-19/h13-17H,7H2,1-6H3/t13-,14-,15+,16-,17-/m1/s1. The van der Waals surface area contributed by atoms with Gasteiger partial charge >= 0.3 is 23.9 Å². The lowest BCUT2D eigenvalue weighted by Gasteiger charge is -2.45. The third-order valence-electron chi connectivity index (χ3n) is 3.63. The Labute approximate surface area is 168 Å². The highest BCUT2D eigenvalue weighted by molar-refractivity contribution is 5.68. The average molecular weight is 415 g/mol. The molecule has 1 heterocycles. The van der Waals surface area contributed by atoms with Crippen molar-refractivity contribution in [3.63, 3.8) is 0 Å². The molecule has 1 rings (SSSR count). The second-order valence-corrected chi connectivity index (χ2v) is 6.81. The summed E-state index contributed by atoms with van der Waals surface area (Å²) in [4.78, 5) is 46.1. The van der Waals surface area contributed by atoms with Crippen LogP contribution in [0.4, 0.5) is 0 Å². The fourth-order valence-corrected chi connectivity index (χ4v) is 2.60. The molecule has 0 aromatic carbocycles. The van der Waals surface area contributed by atoms with E-state index >= 15 is 0 Å². The molecule has 0 bridgehead atoms. The molecule has 0 radical (unpaired) electrons. The zero-order chi connectivity index (χ0) is 22.4. The molecule has 29 heavy (non-hydrogen) atoms. The molecule has 162 valence electrons. The van der Waals surface area contributed by atoms with Gasteiger partial charge < -0.3 is 28.4 Å². The summed E-state index contributed by atoms with van der Waals surface area (Å²) in [6, 6.07) is 1.91. The maximum atomic E-state index is 11.7. The van der Waals surface area contributed by atoms with E-state index in [4.69, 9.17) is 28.4 Å². The molecule has 11 nitrogen and oxygen atoms in total. The molecule has 0 aromatic rings. The minimum Gasteiger partial charge on any atom is -0.463 e. The molecule has 1 aliphatic heterocycles.